The van der Waals surface area contributed by atoms with Crippen molar-refractivity contribution in [2.24, 2.45) is 0 Å². The van der Waals surface area contributed by atoms with Crippen LogP contribution in [0.15, 0.2) is 34.9 Å². The Morgan fingerprint density at radius 2 is 1.89 bits per heavy atom. The molecule has 2 rings (SSSR count). The standard InChI is InChI=1S/C13H13BrN2O2/c1-17-11-6-4-9(13(18-2)12(11)14)10-5-3-8(15)7-16-10/h3-7H,15H2,1-2H3. The predicted octanol–water partition coefficient (Wildman–Crippen LogP) is 3.11. The normalized spacial score (nSPS) is 10.2. The molecule has 0 atom stereocenters. The molecule has 94 valence electrons. The highest BCUT2D eigenvalue weighted by molar-refractivity contribution is 9.10. The van der Waals surface area contributed by atoms with Crippen LogP contribution in [0.3, 0.4) is 0 Å². The number of ether oxygens (including phenoxy) is 2. The topological polar surface area (TPSA) is 57.4 Å². The summed E-state index contributed by atoms with van der Waals surface area (Å²) in [5.41, 5.74) is 7.93. The molecular weight excluding hydrogens is 296 g/mol. The Kier molecular flexibility index (Phi) is 3.72. The molecule has 18 heavy (non-hydrogen) atoms. The van der Waals surface area contributed by atoms with E-state index in [1.165, 1.54) is 0 Å². The minimum atomic E-state index is 0.630. The summed E-state index contributed by atoms with van der Waals surface area (Å²) in [6.45, 7) is 0. The molecule has 0 aliphatic carbocycles. The Hall–Kier alpha value is -1.75. The van der Waals surface area contributed by atoms with E-state index in [4.69, 9.17) is 15.2 Å². The van der Waals surface area contributed by atoms with Crippen LogP contribution in [0.2, 0.25) is 0 Å². The Balaban J connectivity index is 2.57. The van der Waals surface area contributed by atoms with Crippen molar-refractivity contribution in [2.75, 3.05) is 20.0 Å². The van der Waals surface area contributed by atoms with E-state index in [1.807, 2.05) is 18.2 Å². The second-order valence-corrected chi connectivity index (χ2v) is 4.43. The second kappa shape index (κ2) is 5.27. The Bertz CT molecular complexity index is 556. The second-order valence-electron chi connectivity index (χ2n) is 3.64. The van der Waals surface area contributed by atoms with Crippen LogP contribution in [0.5, 0.6) is 11.5 Å². The van der Waals surface area contributed by atoms with E-state index >= 15 is 0 Å². The van der Waals surface area contributed by atoms with Crippen molar-refractivity contribution in [3.05, 3.63) is 34.9 Å². The summed E-state index contributed by atoms with van der Waals surface area (Å²) in [7, 11) is 3.22. The lowest BCUT2D eigenvalue weighted by Gasteiger charge is -2.13. The van der Waals surface area contributed by atoms with Crippen LogP contribution in [0.4, 0.5) is 5.69 Å². The van der Waals surface area contributed by atoms with Gasteiger partial charge in [-0.1, -0.05) is 0 Å². The smallest absolute Gasteiger partial charge is 0.146 e. The average Bonchev–Trinajstić information content (AvgIpc) is 2.39. The number of benzene rings is 1. The molecule has 0 spiro atoms. The van der Waals surface area contributed by atoms with Gasteiger partial charge in [0.05, 0.1) is 31.8 Å². The number of methoxy groups -OCH3 is 2. The first-order valence-electron chi connectivity index (χ1n) is 5.29. The fourth-order valence-corrected chi connectivity index (χ4v) is 2.33. The molecule has 0 fully saturated rings. The largest absolute Gasteiger partial charge is 0.495 e. The van der Waals surface area contributed by atoms with E-state index in [-0.39, 0.29) is 0 Å². The third kappa shape index (κ3) is 2.26. The van der Waals surface area contributed by atoms with Crippen molar-refractivity contribution >= 4 is 21.6 Å². The van der Waals surface area contributed by atoms with Crippen molar-refractivity contribution in [1.82, 2.24) is 4.98 Å². The Labute approximate surface area is 114 Å². The summed E-state index contributed by atoms with van der Waals surface area (Å²) < 4.78 is 11.4. The van der Waals surface area contributed by atoms with Crippen LogP contribution < -0.4 is 15.2 Å². The van der Waals surface area contributed by atoms with Crippen LogP contribution >= 0.6 is 15.9 Å². The molecule has 1 aromatic carbocycles. The molecule has 0 amide bonds. The maximum Gasteiger partial charge on any atom is 0.146 e. The zero-order valence-electron chi connectivity index (χ0n) is 10.1. The molecule has 1 aromatic heterocycles. The number of halogens is 1. The number of nitrogens with two attached hydrogens (primary N) is 1. The molecule has 0 radical (unpaired) electrons. The summed E-state index contributed by atoms with van der Waals surface area (Å²) in [6, 6.07) is 7.42. The van der Waals surface area contributed by atoms with Gasteiger partial charge in [0.1, 0.15) is 16.0 Å². The van der Waals surface area contributed by atoms with E-state index in [2.05, 4.69) is 20.9 Å². The monoisotopic (exact) mass is 308 g/mol. The van der Waals surface area contributed by atoms with Gasteiger partial charge in [-0.15, -0.1) is 0 Å². The highest BCUT2D eigenvalue weighted by Gasteiger charge is 2.14. The van der Waals surface area contributed by atoms with E-state index in [0.717, 1.165) is 15.7 Å². The fourth-order valence-electron chi connectivity index (χ4n) is 1.66. The van der Waals surface area contributed by atoms with Crippen LogP contribution in [-0.2, 0) is 0 Å². The highest BCUT2D eigenvalue weighted by Crippen LogP contribution is 2.41. The molecule has 2 N–H and O–H groups in total. The molecule has 0 unspecified atom stereocenters. The predicted molar refractivity (Wildman–Crippen MR) is 74.9 cm³/mol. The maximum atomic E-state index is 5.63. The quantitative estimate of drug-likeness (QED) is 0.946. The molecule has 0 bridgehead atoms. The molecule has 0 saturated carbocycles. The van der Waals surface area contributed by atoms with Gasteiger partial charge >= 0.3 is 0 Å². The van der Waals surface area contributed by atoms with Gasteiger partial charge in [0, 0.05) is 5.56 Å². The minimum absolute atomic E-state index is 0.630. The summed E-state index contributed by atoms with van der Waals surface area (Å²) in [5.74, 6) is 1.40. The average molecular weight is 309 g/mol. The highest BCUT2D eigenvalue weighted by atomic mass is 79.9. The molecule has 4 nitrogen and oxygen atoms in total. The Morgan fingerprint density at radius 3 is 2.44 bits per heavy atom. The molecule has 5 heteroatoms. The lowest BCUT2D eigenvalue weighted by Crippen LogP contribution is -1.94. The number of aromatic nitrogens is 1. The summed E-state index contributed by atoms with van der Waals surface area (Å²) in [6.07, 6.45) is 1.62. The third-order valence-corrected chi connectivity index (χ3v) is 3.30. The van der Waals surface area contributed by atoms with Crippen molar-refractivity contribution < 1.29 is 9.47 Å². The summed E-state index contributed by atoms with van der Waals surface area (Å²) in [4.78, 5) is 4.29. The zero-order chi connectivity index (χ0) is 13.1. The number of nitrogen functional groups attached to an aromatic ring is 1. The van der Waals surface area contributed by atoms with Gasteiger partial charge < -0.3 is 15.2 Å². The fraction of sp³-hybridized carbons (Fsp3) is 0.154. The zero-order valence-corrected chi connectivity index (χ0v) is 11.7. The number of pyridine rings is 1. The number of hydrogen-bond donors (Lipinski definition) is 1. The lowest BCUT2D eigenvalue weighted by atomic mass is 10.1. The van der Waals surface area contributed by atoms with Gasteiger partial charge in [0.2, 0.25) is 0 Å². The summed E-state index contributed by atoms with van der Waals surface area (Å²) in [5, 5.41) is 0. The molecule has 0 saturated heterocycles. The van der Waals surface area contributed by atoms with Crippen LogP contribution in [0.25, 0.3) is 11.3 Å². The molecule has 0 aliphatic rings. The van der Waals surface area contributed by atoms with Crippen molar-refractivity contribution in [2.45, 2.75) is 0 Å². The first-order chi connectivity index (χ1) is 8.67. The van der Waals surface area contributed by atoms with Gasteiger partial charge in [-0.2, -0.15) is 0 Å². The Morgan fingerprint density at radius 1 is 1.11 bits per heavy atom. The SMILES string of the molecule is COc1ccc(-c2ccc(N)cn2)c(OC)c1Br. The van der Waals surface area contributed by atoms with Crippen molar-refractivity contribution in [3.63, 3.8) is 0 Å². The first-order valence-corrected chi connectivity index (χ1v) is 6.09. The van der Waals surface area contributed by atoms with E-state index in [9.17, 15) is 0 Å². The molecule has 0 aliphatic heterocycles. The van der Waals surface area contributed by atoms with E-state index in [0.29, 0.717) is 17.2 Å². The maximum absolute atomic E-state index is 5.63. The van der Waals surface area contributed by atoms with Crippen LogP contribution in [0.1, 0.15) is 0 Å². The third-order valence-electron chi connectivity index (χ3n) is 2.55. The van der Waals surface area contributed by atoms with E-state index < -0.39 is 0 Å². The van der Waals surface area contributed by atoms with Gasteiger partial charge in [0.15, 0.2) is 0 Å². The van der Waals surface area contributed by atoms with Gasteiger partial charge in [-0.05, 0) is 40.2 Å². The number of hydrogen-bond acceptors (Lipinski definition) is 4. The van der Waals surface area contributed by atoms with Gasteiger partial charge in [-0.3, -0.25) is 4.98 Å². The summed E-state index contributed by atoms with van der Waals surface area (Å²) >= 11 is 3.46. The number of nitrogens with zero attached hydrogens (tertiary/aromatic N) is 1. The first kappa shape index (κ1) is 12.7. The molecule has 1 heterocycles. The van der Waals surface area contributed by atoms with Crippen LogP contribution in [-0.4, -0.2) is 19.2 Å². The van der Waals surface area contributed by atoms with Crippen molar-refractivity contribution in [3.8, 4) is 22.8 Å². The minimum Gasteiger partial charge on any atom is -0.495 e. The van der Waals surface area contributed by atoms with Gasteiger partial charge in [-0.25, -0.2) is 0 Å². The molecule has 2 aromatic rings. The molecular formula is C13H13BrN2O2. The van der Waals surface area contributed by atoms with Crippen LogP contribution in [0, 0.1) is 0 Å². The lowest BCUT2D eigenvalue weighted by molar-refractivity contribution is 0.390. The number of anilines is 1. The van der Waals surface area contributed by atoms with E-state index in [1.54, 1.807) is 26.5 Å². The van der Waals surface area contributed by atoms with Gasteiger partial charge in [0.25, 0.3) is 0 Å². The number of rotatable bonds is 3. The van der Waals surface area contributed by atoms with Crippen molar-refractivity contribution in [1.29, 1.82) is 0 Å².